The van der Waals surface area contributed by atoms with Crippen LogP contribution in [0.2, 0.25) is 0 Å². The third-order valence-corrected chi connectivity index (χ3v) is 3.79. The largest absolute Gasteiger partial charge is 0.329 e. The molecule has 7 heteroatoms. The number of thiazole rings is 1. The third kappa shape index (κ3) is 3.31. The minimum absolute atomic E-state index is 0.0630. The van der Waals surface area contributed by atoms with Crippen LogP contribution in [0.4, 0.5) is 10.6 Å². The van der Waals surface area contributed by atoms with Gasteiger partial charge in [0.2, 0.25) is 0 Å². The third-order valence-electron chi connectivity index (χ3n) is 2.71. The predicted molar refractivity (Wildman–Crippen MR) is 75.2 cm³/mol. The van der Waals surface area contributed by atoms with Gasteiger partial charge >= 0.3 is 6.03 Å². The Morgan fingerprint density at radius 2 is 2.37 bits per heavy atom. The number of aryl methyl sites for hydroxylation is 2. The summed E-state index contributed by atoms with van der Waals surface area (Å²) >= 11 is 1.56. The van der Waals surface area contributed by atoms with Crippen LogP contribution in [0.5, 0.6) is 0 Å². The van der Waals surface area contributed by atoms with E-state index in [9.17, 15) is 4.79 Å². The lowest BCUT2D eigenvalue weighted by atomic mass is 10.2. The highest BCUT2D eigenvalue weighted by molar-refractivity contribution is 7.09. The van der Waals surface area contributed by atoms with Gasteiger partial charge in [0, 0.05) is 24.2 Å². The average molecular weight is 279 g/mol. The molecule has 6 nitrogen and oxygen atoms in total. The van der Waals surface area contributed by atoms with Gasteiger partial charge in [0.1, 0.15) is 10.8 Å². The van der Waals surface area contributed by atoms with Gasteiger partial charge in [-0.15, -0.1) is 11.3 Å². The van der Waals surface area contributed by atoms with Crippen LogP contribution in [0.25, 0.3) is 0 Å². The molecule has 0 radical (unpaired) electrons. The van der Waals surface area contributed by atoms with E-state index in [4.69, 9.17) is 0 Å². The first-order chi connectivity index (χ1) is 9.10. The van der Waals surface area contributed by atoms with Crippen LogP contribution in [0, 0.1) is 6.92 Å². The molecule has 102 valence electrons. The normalized spacial score (nSPS) is 12.2. The van der Waals surface area contributed by atoms with Gasteiger partial charge in [0.25, 0.3) is 0 Å². The highest BCUT2D eigenvalue weighted by Crippen LogP contribution is 2.20. The molecule has 1 atom stereocenters. The summed E-state index contributed by atoms with van der Waals surface area (Å²) in [4.78, 5) is 16.3. The number of aromatic nitrogens is 3. The molecule has 2 aromatic heterocycles. The average Bonchev–Trinajstić information content (AvgIpc) is 2.96. The number of hydrogen-bond acceptors (Lipinski definition) is 4. The molecule has 2 rings (SSSR count). The lowest BCUT2D eigenvalue weighted by Gasteiger charge is -2.15. The molecule has 0 fully saturated rings. The van der Waals surface area contributed by atoms with Crippen LogP contribution < -0.4 is 10.6 Å². The lowest BCUT2D eigenvalue weighted by Crippen LogP contribution is -2.32. The topological polar surface area (TPSA) is 71.8 Å². The Morgan fingerprint density at radius 1 is 1.58 bits per heavy atom. The summed E-state index contributed by atoms with van der Waals surface area (Å²) in [6, 6.07) is 1.43. The fraction of sp³-hybridized carbons (Fsp3) is 0.417. The van der Waals surface area contributed by atoms with Gasteiger partial charge in [-0.1, -0.05) is 6.92 Å². The Labute approximate surface area is 115 Å². The van der Waals surface area contributed by atoms with E-state index in [1.165, 1.54) is 0 Å². The number of carbonyl (C=O) groups excluding carboxylic acids is 1. The molecule has 0 aromatic carbocycles. The second-order valence-electron chi connectivity index (χ2n) is 4.23. The summed E-state index contributed by atoms with van der Waals surface area (Å²) in [5.74, 6) is 0.655. The smallest absolute Gasteiger partial charge is 0.320 e. The van der Waals surface area contributed by atoms with Crippen molar-refractivity contribution >= 4 is 23.2 Å². The van der Waals surface area contributed by atoms with Crippen molar-refractivity contribution in [2.75, 3.05) is 5.32 Å². The van der Waals surface area contributed by atoms with E-state index >= 15 is 0 Å². The molecule has 19 heavy (non-hydrogen) atoms. The minimum Gasteiger partial charge on any atom is -0.329 e. The molecule has 2 amide bonds. The molecule has 0 saturated carbocycles. The zero-order chi connectivity index (χ0) is 13.8. The molecule has 2 aromatic rings. The van der Waals surface area contributed by atoms with Crippen LogP contribution in [0.1, 0.15) is 30.1 Å². The van der Waals surface area contributed by atoms with Crippen LogP contribution in [-0.4, -0.2) is 20.8 Å². The molecule has 0 aliphatic carbocycles. The number of rotatable bonds is 4. The molecule has 2 heterocycles. The molecule has 0 aliphatic heterocycles. The quantitative estimate of drug-likeness (QED) is 0.903. The van der Waals surface area contributed by atoms with Crippen LogP contribution in [0.3, 0.4) is 0 Å². The van der Waals surface area contributed by atoms with Crippen molar-refractivity contribution in [2.24, 2.45) is 7.05 Å². The number of nitrogens with zero attached hydrogens (tertiary/aromatic N) is 3. The summed E-state index contributed by atoms with van der Waals surface area (Å²) in [6.07, 6.45) is 2.43. The first-order valence-electron chi connectivity index (χ1n) is 6.07. The fourth-order valence-corrected chi connectivity index (χ4v) is 2.61. The second-order valence-corrected chi connectivity index (χ2v) is 5.12. The number of carbonyl (C=O) groups is 1. The maximum Gasteiger partial charge on any atom is 0.320 e. The molecule has 2 N–H and O–H groups in total. The van der Waals surface area contributed by atoms with E-state index in [0.717, 1.165) is 17.1 Å². The lowest BCUT2D eigenvalue weighted by molar-refractivity contribution is 0.248. The summed E-state index contributed by atoms with van der Waals surface area (Å²) in [5.41, 5.74) is 0.979. The number of hydrogen-bond donors (Lipinski definition) is 2. The first kappa shape index (κ1) is 13.5. The summed E-state index contributed by atoms with van der Waals surface area (Å²) < 4.78 is 1.61. The van der Waals surface area contributed by atoms with Crippen molar-refractivity contribution in [3.05, 3.63) is 28.3 Å². The van der Waals surface area contributed by atoms with E-state index in [1.807, 2.05) is 19.2 Å². The van der Waals surface area contributed by atoms with Crippen molar-refractivity contribution in [3.63, 3.8) is 0 Å². The van der Waals surface area contributed by atoms with Crippen LogP contribution in [0.15, 0.2) is 17.6 Å². The highest BCUT2D eigenvalue weighted by atomic mass is 32.1. The van der Waals surface area contributed by atoms with Crippen molar-refractivity contribution in [1.29, 1.82) is 0 Å². The van der Waals surface area contributed by atoms with Gasteiger partial charge < -0.3 is 5.32 Å². The fourth-order valence-electron chi connectivity index (χ4n) is 1.68. The summed E-state index contributed by atoms with van der Waals surface area (Å²) in [7, 11) is 1.77. The molecular weight excluding hydrogens is 262 g/mol. The SMILES string of the molecule is CCC(NC(=O)Nc1ccnn1C)c1nc(C)cs1. The molecule has 0 spiro atoms. The standard InChI is InChI=1S/C12H17N5OS/c1-4-9(11-14-8(2)7-19-11)15-12(18)16-10-5-6-13-17(10)3/h5-7,9H,4H2,1-3H3,(H2,15,16,18). The number of anilines is 1. The van der Waals surface area contributed by atoms with E-state index < -0.39 is 0 Å². The molecule has 0 saturated heterocycles. The van der Waals surface area contributed by atoms with Crippen molar-refractivity contribution in [3.8, 4) is 0 Å². The van der Waals surface area contributed by atoms with Gasteiger partial charge in [-0.25, -0.2) is 9.78 Å². The summed E-state index contributed by atoms with van der Waals surface area (Å²) in [6.45, 7) is 3.97. The monoisotopic (exact) mass is 279 g/mol. The summed E-state index contributed by atoms with van der Waals surface area (Å²) in [5, 5.41) is 12.6. The maximum absolute atomic E-state index is 11.9. The number of nitrogens with one attached hydrogen (secondary N) is 2. The van der Waals surface area contributed by atoms with Gasteiger partial charge in [-0.2, -0.15) is 5.10 Å². The maximum atomic E-state index is 11.9. The Balaban J connectivity index is 1.99. The zero-order valence-corrected chi connectivity index (χ0v) is 12.0. The van der Waals surface area contributed by atoms with Crippen LogP contribution >= 0.6 is 11.3 Å². The Hall–Kier alpha value is -1.89. The number of amides is 2. The Morgan fingerprint density at radius 3 is 2.89 bits per heavy atom. The Kier molecular flexibility index (Phi) is 4.16. The van der Waals surface area contributed by atoms with Crippen molar-refractivity contribution < 1.29 is 4.79 Å². The molecule has 1 unspecified atom stereocenters. The highest BCUT2D eigenvalue weighted by Gasteiger charge is 2.16. The first-order valence-corrected chi connectivity index (χ1v) is 6.95. The van der Waals surface area contributed by atoms with Crippen LogP contribution in [-0.2, 0) is 7.05 Å². The minimum atomic E-state index is -0.247. The van der Waals surface area contributed by atoms with Gasteiger partial charge in [-0.3, -0.25) is 10.00 Å². The second kappa shape index (κ2) is 5.83. The van der Waals surface area contributed by atoms with Crippen molar-refractivity contribution in [1.82, 2.24) is 20.1 Å². The zero-order valence-electron chi connectivity index (χ0n) is 11.2. The van der Waals surface area contributed by atoms with E-state index in [0.29, 0.717) is 5.82 Å². The van der Waals surface area contributed by atoms with E-state index in [2.05, 4.69) is 20.7 Å². The van der Waals surface area contributed by atoms with E-state index in [-0.39, 0.29) is 12.1 Å². The van der Waals surface area contributed by atoms with Crippen molar-refractivity contribution in [2.45, 2.75) is 26.3 Å². The number of urea groups is 1. The van der Waals surface area contributed by atoms with Gasteiger partial charge in [0.15, 0.2) is 0 Å². The molecule has 0 bridgehead atoms. The predicted octanol–water partition coefficient (Wildman–Crippen LogP) is 2.46. The molecular formula is C12H17N5OS. The Bertz CT molecular complexity index is 562. The van der Waals surface area contributed by atoms with Gasteiger partial charge in [0.05, 0.1) is 12.2 Å². The molecule has 0 aliphatic rings. The van der Waals surface area contributed by atoms with E-state index in [1.54, 1.807) is 35.3 Å². The van der Waals surface area contributed by atoms with Gasteiger partial charge in [-0.05, 0) is 13.3 Å².